The molecule has 24 heavy (non-hydrogen) atoms. The van der Waals surface area contributed by atoms with Crippen LogP contribution in [-0.2, 0) is 19.4 Å². The number of benzene rings is 1. The van der Waals surface area contributed by atoms with E-state index in [4.69, 9.17) is 23.2 Å². The molecule has 0 bridgehead atoms. The molecular formula is C16H17Cl2IN4O. The third-order valence-corrected chi connectivity index (χ3v) is 6.06. The van der Waals surface area contributed by atoms with E-state index in [1.165, 1.54) is 12.8 Å². The SMILES string of the molecule is O=C(NCCc1nnc2n1CCCCC2)c1cc(Cl)cc(Cl)c1I. The van der Waals surface area contributed by atoms with E-state index in [0.717, 1.165) is 31.0 Å². The second-order valence-electron chi connectivity index (χ2n) is 5.75. The molecule has 1 aromatic carbocycles. The van der Waals surface area contributed by atoms with Crippen molar-refractivity contribution in [3.05, 3.63) is 43.0 Å². The Hall–Kier alpha value is -0.860. The Bertz CT molecular complexity index is 763. The van der Waals surface area contributed by atoms with Crippen molar-refractivity contribution in [1.29, 1.82) is 0 Å². The van der Waals surface area contributed by atoms with E-state index < -0.39 is 0 Å². The molecule has 3 rings (SSSR count). The third-order valence-electron chi connectivity index (χ3n) is 4.06. The monoisotopic (exact) mass is 478 g/mol. The van der Waals surface area contributed by atoms with Crippen LogP contribution in [0.25, 0.3) is 0 Å². The summed E-state index contributed by atoms with van der Waals surface area (Å²) in [5.74, 6) is 1.82. The molecule has 2 heterocycles. The van der Waals surface area contributed by atoms with Gasteiger partial charge in [-0.05, 0) is 47.6 Å². The molecule has 5 nitrogen and oxygen atoms in total. The van der Waals surface area contributed by atoms with Crippen molar-refractivity contribution in [2.45, 2.75) is 38.6 Å². The van der Waals surface area contributed by atoms with E-state index in [2.05, 4.69) is 42.7 Å². The fourth-order valence-electron chi connectivity index (χ4n) is 2.83. The van der Waals surface area contributed by atoms with Crippen molar-refractivity contribution in [3.8, 4) is 0 Å². The Morgan fingerprint density at radius 1 is 1.25 bits per heavy atom. The van der Waals surface area contributed by atoms with E-state index in [1.807, 2.05) is 0 Å². The summed E-state index contributed by atoms with van der Waals surface area (Å²) in [5, 5.41) is 12.4. The van der Waals surface area contributed by atoms with Crippen molar-refractivity contribution in [3.63, 3.8) is 0 Å². The number of amides is 1. The van der Waals surface area contributed by atoms with Crippen LogP contribution in [0.5, 0.6) is 0 Å². The summed E-state index contributed by atoms with van der Waals surface area (Å²) < 4.78 is 2.90. The molecule has 2 aromatic rings. The van der Waals surface area contributed by atoms with Gasteiger partial charge in [-0.25, -0.2) is 0 Å². The zero-order valence-corrected chi connectivity index (χ0v) is 16.7. The third kappa shape index (κ3) is 4.03. The number of carbonyl (C=O) groups excluding carboxylic acids is 1. The van der Waals surface area contributed by atoms with Crippen LogP contribution in [0.4, 0.5) is 0 Å². The summed E-state index contributed by atoms with van der Waals surface area (Å²) in [6.45, 7) is 1.46. The van der Waals surface area contributed by atoms with Gasteiger partial charge in [-0.1, -0.05) is 29.6 Å². The van der Waals surface area contributed by atoms with E-state index >= 15 is 0 Å². The average Bonchev–Trinajstić information content (AvgIpc) is 2.78. The molecule has 1 aliphatic rings. The van der Waals surface area contributed by atoms with E-state index in [-0.39, 0.29) is 5.91 Å². The van der Waals surface area contributed by atoms with Crippen molar-refractivity contribution < 1.29 is 4.79 Å². The van der Waals surface area contributed by atoms with Gasteiger partial charge in [0, 0.05) is 34.5 Å². The number of hydrogen-bond donors (Lipinski definition) is 1. The Balaban J connectivity index is 1.63. The maximum absolute atomic E-state index is 12.4. The van der Waals surface area contributed by atoms with Gasteiger partial charge < -0.3 is 9.88 Å². The van der Waals surface area contributed by atoms with Gasteiger partial charge in [0.25, 0.3) is 5.91 Å². The predicted molar refractivity (Wildman–Crippen MR) is 103 cm³/mol. The zero-order valence-electron chi connectivity index (χ0n) is 13.0. The summed E-state index contributed by atoms with van der Waals surface area (Å²) in [7, 11) is 0. The molecule has 1 N–H and O–H groups in total. The molecule has 0 radical (unpaired) electrons. The molecule has 0 fully saturated rings. The molecule has 0 atom stereocenters. The first-order valence-electron chi connectivity index (χ1n) is 7.90. The minimum Gasteiger partial charge on any atom is -0.352 e. The van der Waals surface area contributed by atoms with Crippen LogP contribution in [0.2, 0.25) is 10.0 Å². The molecule has 1 aromatic heterocycles. The average molecular weight is 479 g/mol. The van der Waals surface area contributed by atoms with Crippen LogP contribution in [0.1, 0.15) is 41.3 Å². The normalized spacial score (nSPS) is 14.1. The van der Waals surface area contributed by atoms with Crippen LogP contribution in [0.15, 0.2) is 12.1 Å². The number of carbonyl (C=O) groups is 1. The second kappa shape index (κ2) is 8.01. The van der Waals surface area contributed by atoms with Crippen LogP contribution < -0.4 is 5.32 Å². The molecule has 128 valence electrons. The molecule has 0 aliphatic carbocycles. The number of aryl methyl sites for hydroxylation is 1. The van der Waals surface area contributed by atoms with Gasteiger partial charge in [-0.2, -0.15) is 0 Å². The van der Waals surface area contributed by atoms with Crippen molar-refractivity contribution >= 4 is 51.7 Å². The van der Waals surface area contributed by atoms with Crippen molar-refractivity contribution in [2.24, 2.45) is 0 Å². The summed E-state index contributed by atoms with van der Waals surface area (Å²) in [6.07, 6.45) is 5.20. The lowest BCUT2D eigenvalue weighted by molar-refractivity contribution is 0.0953. The van der Waals surface area contributed by atoms with Crippen molar-refractivity contribution in [1.82, 2.24) is 20.1 Å². The second-order valence-corrected chi connectivity index (χ2v) is 7.67. The van der Waals surface area contributed by atoms with Crippen LogP contribution in [0.3, 0.4) is 0 Å². The zero-order chi connectivity index (χ0) is 17.1. The quantitative estimate of drug-likeness (QED) is 0.535. The van der Waals surface area contributed by atoms with Gasteiger partial charge in [-0.15, -0.1) is 10.2 Å². The lowest BCUT2D eigenvalue weighted by atomic mass is 10.2. The van der Waals surface area contributed by atoms with Gasteiger partial charge in [0.15, 0.2) is 0 Å². The highest BCUT2D eigenvalue weighted by atomic mass is 127. The molecule has 1 aliphatic heterocycles. The number of halogens is 3. The Morgan fingerprint density at radius 3 is 2.92 bits per heavy atom. The summed E-state index contributed by atoms with van der Waals surface area (Å²) in [6, 6.07) is 3.26. The maximum Gasteiger partial charge on any atom is 0.252 e. The summed E-state index contributed by atoms with van der Waals surface area (Å²) in [4.78, 5) is 12.4. The largest absolute Gasteiger partial charge is 0.352 e. The molecule has 0 unspecified atom stereocenters. The summed E-state index contributed by atoms with van der Waals surface area (Å²) in [5.41, 5.74) is 0.494. The number of aromatic nitrogens is 3. The molecule has 8 heteroatoms. The Morgan fingerprint density at radius 2 is 2.08 bits per heavy atom. The molecule has 0 saturated heterocycles. The number of rotatable bonds is 4. The number of nitrogens with one attached hydrogen (secondary N) is 1. The lowest BCUT2D eigenvalue weighted by Gasteiger charge is -2.10. The predicted octanol–water partition coefficient (Wildman–Crippen LogP) is 3.89. The van der Waals surface area contributed by atoms with Crippen LogP contribution >= 0.6 is 45.8 Å². The van der Waals surface area contributed by atoms with Gasteiger partial charge in [0.1, 0.15) is 11.6 Å². The molecule has 0 spiro atoms. The molecule has 0 saturated carbocycles. The standard InChI is InChI=1S/C16H17Cl2IN4O/c17-10-8-11(15(19)12(18)9-10)16(24)20-6-5-14-22-21-13-4-2-1-3-7-23(13)14/h8-9H,1-7H2,(H,20,24). The fraction of sp³-hybridized carbons (Fsp3) is 0.438. The highest BCUT2D eigenvalue weighted by Crippen LogP contribution is 2.26. The highest BCUT2D eigenvalue weighted by molar-refractivity contribution is 14.1. The first-order chi connectivity index (χ1) is 11.6. The van der Waals surface area contributed by atoms with Gasteiger partial charge in [-0.3, -0.25) is 4.79 Å². The minimum atomic E-state index is -0.181. The van der Waals surface area contributed by atoms with E-state index in [9.17, 15) is 4.79 Å². The Kier molecular flexibility index (Phi) is 5.99. The minimum absolute atomic E-state index is 0.181. The number of fused-ring (bicyclic) bond motifs is 1. The lowest BCUT2D eigenvalue weighted by Crippen LogP contribution is -2.27. The first kappa shape index (κ1) is 17.9. The maximum atomic E-state index is 12.4. The highest BCUT2D eigenvalue weighted by Gasteiger charge is 2.16. The topological polar surface area (TPSA) is 59.8 Å². The number of nitrogens with zero attached hydrogens (tertiary/aromatic N) is 3. The smallest absolute Gasteiger partial charge is 0.252 e. The van der Waals surface area contributed by atoms with Crippen molar-refractivity contribution in [2.75, 3.05) is 6.54 Å². The first-order valence-corrected chi connectivity index (χ1v) is 9.73. The van der Waals surface area contributed by atoms with E-state index in [1.54, 1.807) is 12.1 Å². The number of hydrogen-bond acceptors (Lipinski definition) is 3. The molecule has 1 amide bonds. The molecular weight excluding hydrogens is 462 g/mol. The van der Waals surface area contributed by atoms with Gasteiger partial charge in [0.05, 0.1) is 10.6 Å². The Labute approximate surface area is 164 Å². The van der Waals surface area contributed by atoms with Crippen LogP contribution in [-0.4, -0.2) is 27.2 Å². The van der Waals surface area contributed by atoms with E-state index in [0.29, 0.717) is 32.1 Å². The van der Waals surface area contributed by atoms with Crippen LogP contribution in [0, 0.1) is 3.57 Å². The van der Waals surface area contributed by atoms with Gasteiger partial charge in [0.2, 0.25) is 0 Å². The van der Waals surface area contributed by atoms with Gasteiger partial charge >= 0.3 is 0 Å². The fourth-order valence-corrected chi connectivity index (χ4v) is 3.88. The summed E-state index contributed by atoms with van der Waals surface area (Å²) >= 11 is 14.1.